The van der Waals surface area contributed by atoms with Gasteiger partial charge in [0.15, 0.2) is 11.8 Å². The molecular formula is C16H14ClF2N2O4+. The molecule has 1 aromatic heterocycles. The summed E-state index contributed by atoms with van der Waals surface area (Å²) in [6, 6.07) is 8.09. The molecule has 1 aliphatic heterocycles. The third-order valence-electron chi connectivity index (χ3n) is 3.69. The number of ether oxygens (including phenoxy) is 1. The SMILES string of the molecule is O=C1CC([NH2+]Cc2ccco2)C(=O)N1c1ccc(OC(F)(F)Cl)cc1. The maximum Gasteiger partial charge on any atom is 0.487 e. The van der Waals surface area contributed by atoms with Gasteiger partial charge in [-0.3, -0.25) is 9.59 Å². The van der Waals surface area contributed by atoms with E-state index in [0.29, 0.717) is 12.3 Å². The Hall–Kier alpha value is -2.45. The predicted molar refractivity (Wildman–Crippen MR) is 83.1 cm³/mol. The van der Waals surface area contributed by atoms with Gasteiger partial charge in [-0.25, -0.2) is 4.90 Å². The van der Waals surface area contributed by atoms with Crippen LogP contribution in [0.4, 0.5) is 14.5 Å². The van der Waals surface area contributed by atoms with Crippen LogP contribution in [-0.4, -0.2) is 23.4 Å². The van der Waals surface area contributed by atoms with Gasteiger partial charge in [-0.1, -0.05) is 0 Å². The largest absolute Gasteiger partial charge is 0.487 e. The van der Waals surface area contributed by atoms with Crippen LogP contribution in [0.15, 0.2) is 47.1 Å². The highest BCUT2D eigenvalue weighted by atomic mass is 35.5. The molecule has 0 bridgehead atoms. The fraction of sp³-hybridized carbons (Fsp3) is 0.250. The number of hydrogen-bond donors (Lipinski definition) is 1. The van der Waals surface area contributed by atoms with E-state index in [1.165, 1.54) is 30.5 Å². The van der Waals surface area contributed by atoms with E-state index < -0.39 is 11.6 Å². The van der Waals surface area contributed by atoms with Crippen molar-refractivity contribution >= 4 is 29.1 Å². The average molecular weight is 372 g/mol. The number of nitrogens with zero attached hydrogens (tertiary/aromatic N) is 1. The van der Waals surface area contributed by atoms with Crippen LogP contribution >= 0.6 is 11.6 Å². The molecule has 25 heavy (non-hydrogen) atoms. The van der Waals surface area contributed by atoms with E-state index >= 15 is 0 Å². The Morgan fingerprint density at radius 2 is 2.00 bits per heavy atom. The van der Waals surface area contributed by atoms with Crippen molar-refractivity contribution in [3.63, 3.8) is 0 Å². The molecule has 0 saturated carbocycles. The quantitative estimate of drug-likeness (QED) is 0.621. The van der Waals surface area contributed by atoms with Crippen molar-refractivity contribution in [3.8, 4) is 5.75 Å². The van der Waals surface area contributed by atoms with E-state index in [1.807, 2.05) is 0 Å². The lowest BCUT2D eigenvalue weighted by molar-refractivity contribution is -0.691. The van der Waals surface area contributed by atoms with Crippen LogP contribution in [0.25, 0.3) is 0 Å². The monoisotopic (exact) mass is 371 g/mol. The van der Waals surface area contributed by atoms with Crippen LogP contribution in [0.3, 0.4) is 0 Å². The van der Waals surface area contributed by atoms with Gasteiger partial charge >= 0.3 is 5.57 Å². The molecule has 0 spiro atoms. The molecule has 2 amide bonds. The number of anilines is 1. The highest BCUT2D eigenvalue weighted by Gasteiger charge is 2.42. The average Bonchev–Trinajstić information content (AvgIpc) is 3.13. The van der Waals surface area contributed by atoms with Gasteiger partial charge in [-0.05, 0) is 36.4 Å². The number of alkyl halides is 3. The summed E-state index contributed by atoms with van der Waals surface area (Å²) in [6.07, 6.45) is 1.59. The molecule has 1 aromatic carbocycles. The van der Waals surface area contributed by atoms with E-state index in [-0.39, 0.29) is 29.7 Å². The van der Waals surface area contributed by atoms with Crippen molar-refractivity contribution in [1.29, 1.82) is 0 Å². The summed E-state index contributed by atoms with van der Waals surface area (Å²) >= 11 is 4.69. The molecule has 0 radical (unpaired) electrons. The van der Waals surface area contributed by atoms with Gasteiger partial charge in [-0.15, -0.1) is 8.78 Å². The number of rotatable bonds is 6. The zero-order valence-electron chi connectivity index (χ0n) is 12.8. The van der Waals surface area contributed by atoms with Crippen LogP contribution < -0.4 is 15.0 Å². The minimum absolute atomic E-state index is 0.0531. The number of nitrogens with two attached hydrogens (primary N) is 1. The third-order valence-corrected chi connectivity index (χ3v) is 3.77. The van der Waals surface area contributed by atoms with Gasteiger partial charge < -0.3 is 14.5 Å². The lowest BCUT2D eigenvalue weighted by Crippen LogP contribution is -2.90. The molecule has 1 saturated heterocycles. The predicted octanol–water partition coefficient (Wildman–Crippen LogP) is 1.84. The summed E-state index contributed by atoms with van der Waals surface area (Å²) < 4.78 is 34.6. The van der Waals surface area contributed by atoms with Gasteiger partial charge in [-0.2, -0.15) is 0 Å². The Balaban J connectivity index is 1.67. The Morgan fingerprint density at radius 3 is 2.60 bits per heavy atom. The van der Waals surface area contributed by atoms with Crippen molar-refractivity contribution in [1.82, 2.24) is 0 Å². The number of benzene rings is 1. The number of imide groups is 1. The molecule has 1 fully saturated rings. The Kier molecular flexibility index (Phi) is 4.73. The van der Waals surface area contributed by atoms with E-state index in [2.05, 4.69) is 4.74 Å². The number of quaternary nitrogens is 1. The fourth-order valence-electron chi connectivity index (χ4n) is 2.59. The molecule has 6 nitrogen and oxygen atoms in total. The summed E-state index contributed by atoms with van der Waals surface area (Å²) in [4.78, 5) is 25.7. The molecule has 0 aliphatic carbocycles. The first-order chi connectivity index (χ1) is 11.8. The maximum atomic E-state index is 12.6. The van der Waals surface area contributed by atoms with Crippen LogP contribution in [0.1, 0.15) is 12.2 Å². The lowest BCUT2D eigenvalue weighted by atomic mass is 10.2. The van der Waals surface area contributed by atoms with E-state index in [9.17, 15) is 18.4 Å². The normalized spacial score (nSPS) is 18.0. The van der Waals surface area contributed by atoms with Gasteiger partial charge in [0, 0.05) is 11.6 Å². The Labute approximate surface area is 146 Å². The highest BCUT2D eigenvalue weighted by Crippen LogP contribution is 2.28. The van der Waals surface area contributed by atoms with Gasteiger partial charge in [0.2, 0.25) is 5.91 Å². The van der Waals surface area contributed by atoms with Crippen LogP contribution in [-0.2, 0) is 16.1 Å². The second-order valence-corrected chi connectivity index (χ2v) is 5.88. The van der Waals surface area contributed by atoms with Crippen LogP contribution in [0.2, 0.25) is 0 Å². The molecule has 2 heterocycles. The number of carbonyl (C=O) groups is 2. The highest BCUT2D eigenvalue weighted by molar-refractivity contribution is 6.22. The minimum atomic E-state index is -3.83. The summed E-state index contributed by atoms with van der Waals surface area (Å²) in [7, 11) is 0. The van der Waals surface area contributed by atoms with E-state index in [0.717, 1.165) is 4.90 Å². The minimum Gasteiger partial charge on any atom is -0.463 e. The Morgan fingerprint density at radius 1 is 1.28 bits per heavy atom. The molecule has 2 N–H and O–H groups in total. The zero-order chi connectivity index (χ0) is 18.0. The second-order valence-electron chi connectivity index (χ2n) is 5.44. The molecule has 1 aliphatic rings. The molecule has 132 valence electrons. The number of furan rings is 1. The number of hydrogen-bond acceptors (Lipinski definition) is 4. The molecular weight excluding hydrogens is 358 g/mol. The van der Waals surface area contributed by atoms with Crippen molar-refractivity contribution < 1.29 is 32.8 Å². The summed E-state index contributed by atoms with van der Waals surface area (Å²) in [6.45, 7) is 0.433. The molecule has 1 unspecified atom stereocenters. The maximum absolute atomic E-state index is 12.6. The standard InChI is InChI=1S/C16H13ClF2N2O4/c17-16(18,19)25-11-5-3-10(4-6-11)21-14(22)8-13(15(21)23)20-9-12-2-1-7-24-12/h1-7,13,20H,8-9H2/p+1. The van der Waals surface area contributed by atoms with Crippen molar-refractivity contribution in [2.75, 3.05) is 4.90 Å². The van der Waals surface area contributed by atoms with Gasteiger partial charge in [0.25, 0.3) is 5.91 Å². The summed E-state index contributed by atoms with van der Waals surface area (Å²) in [5.41, 5.74) is -3.54. The fourth-order valence-corrected chi connectivity index (χ4v) is 2.68. The molecule has 9 heteroatoms. The first-order valence-corrected chi connectivity index (χ1v) is 7.79. The first kappa shape index (κ1) is 17.4. The van der Waals surface area contributed by atoms with Crippen LogP contribution in [0, 0.1) is 0 Å². The number of amides is 2. The second kappa shape index (κ2) is 6.81. The van der Waals surface area contributed by atoms with Crippen LogP contribution in [0.5, 0.6) is 5.75 Å². The van der Waals surface area contributed by atoms with Gasteiger partial charge in [0.1, 0.15) is 12.3 Å². The third kappa shape index (κ3) is 4.15. The summed E-state index contributed by atoms with van der Waals surface area (Å²) in [5, 5.41) is 1.73. The van der Waals surface area contributed by atoms with Crippen molar-refractivity contribution in [2.24, 2.45) is 0 Å². The van der Waals surface area contributed by atoms with E-state index in [1.54, 1.807) is 17.4 Å². The summed E-state index contributed by atoms with van der Waals surface area (Å²) in [5.74, 6) is -0.207. The van der Waals surface area contributed by atoms with Crippen molar-refractivity contribution in [3.05, 3.63) is 48.4 Å². The van der Waals surface area contributed by atoms with Crippen molar-refractivity contribution in [2.45, 2.75) is 24.6 Å². The first-order valence-electron chi connectivity index (χ1n) is 7.42. The Bertz CT molecular complexity index is 759. The molecule has 1 atom stereocenters. The smallest absolute Gasteiger partial charge is 0.463 e. The number of carbonyl (C=O) groups excluding carboxylic acids is 2. The topological polar surface area (TPSA) is 76.4 Å². The number of halogens is 3. The molecule has 3 rings (SSSR count). The zero-order valence-corrected chi connectivity index (χ0v) is 13.6. The van der Waals surface area contributed by atoms with Gasteiger partial charge in [0.05, 0.1) is 18.4 Å². The lowest BCUT2D eigenvalue weighted by Gasteiger charge is -2.15. The molecule has 2 aromatic rings. The van der Waals surface area contributed by atoms with E-state index in [4.69, 9.17) is 16.0 Å².